The molecule has 0 aromatic heterocycles. The Hall–Kier alpha value is -5.02. The lowest BCUT2D eigenvalue weighted by molar-refractivity contribution is -0.142. The third kappa shape index (κ3) is 19.5. The van der Waals surface area contributed by atoms with E-state index in [1.807, 2.05) is 0 Å². The molecule has 22 heteroatoms. The van der Waals surface area contributed by atoms with Gasteiger partial charge in [-0.05, 0) is 45.4 Å². The molecule has 48 heavy (non-hydrogen) atoms. The number of hydrogen-bond donors (Lipinski definition) is 13. The van der Waals surface area contributed by atoms with Gasteiger partial charge in [0.2, 0.25) is 29.5 Å². The summed E-state index contributed by atoms with van der Waals surface area (Å²) in [4.78, 5) is 87.1. The van der Waals surface area contributed by atoms with Crippen molar-refractivity contribution >= 4 is 66.0 Å². The Bertz CT molecular complexity index is 1190. The summed E-state index contributed by atoms with van der Waals surface area (Å²) >= 11 is 4.07. The number of rotatable bonds is 23. The van der Waals surface area contributed by atoms with Crippen LogP contribution in [0.25, 0.3) is 0 Å². The van der Waals surface area contributed by atoms with Gasteiger partial charge in [0.05, 0.1) is 0 Å². The third-order valence-corrected chi connectivity index (χ3v) is 6.71. The van der Waals surface area contributed by atoms with Crippen LogP contribution in [0.3, 0.4) is 0 Å². The van der Waals surface area contributed by atoms with Gasteiger partial charge in [-0.1, -0.05) is 0 Å². The van der Waals surface area contributed by atoms with Crippen LogP contribution in [0, 0.1) is 0 Å². The molecular formula is C26H50N14O7S. The highest BCUT2D eigenvalue weighted by Gasteiger charge is 2.30. The smallest absolute Gasteiger partial charge is 0.326 e. The van der Waals surface area contributed by atoms with Crippen LogP contribution in [0.4, 0.5) is 0 Å². The number of guanidine groups is 3. The number of carboxylic acids is 1. The van der Waals surface area contributed by atoms with Crippen molar-refractivity contribution in [3.8, 4) is 0 Å². The Balaban J connectivity index is 5.78. The first-order chi connectivity index (χ1) is 22.5. The fourth-order valence-corrected chi connectivity index (χ4v) is 4.22. The quantitative estimate of drug-likeness (QED) is 0.0205. The summed E-state index contributed by atoms with van der Waals surface area (Å²) in [5, 5.41) is 22.0. The summed E-state index contributed by atoms with van der Waals surface area (Å²) in [5.41, 5.74) is 31.9. The second kappa shape index (κ2) is 23.3. The largest absolute Gasteiger partial charge is 0.480 e. The van der Waals surface area contributed by atoms with E-state index in [0.717, 1.165) is 0 Å². The van der Waals surface area contributed by atoms with E-state index in [9.17, 15) is 33.9 Å². The number of amides is 5. The van der Waals surface area contributed by atoms with Crippen molar-refractivity contribution in [2.75, 3.05) is 25.4 Å². The Morgan fingerprint density at radius 1 is 0.583 bits per heavy atom. The zero-order valence-electron chi connectivity index (χ0n) is 27.1. The van der Waals surface area contributed by atoms with Gasteiger partial charge in [-0.3, -0.25) is 38.9 Å². The first-order valence-corrected chi connectivity index (χ1v) is 15.6. The molecule has 0 aliphatic rings. The second-order valence-corrected chi connectivity index (χ2v) is 10.9. The maximum Gasteiger partial charge on any atom is 0.326 e. The van der Waals surface area contributed by atoms with Crippen LogP contribution in [0.1, 0.15) is 52.4 Å². The van der Waals surface area contributed by atoms with E-state index in [0.29, 0.717) is 0 Å². The van der Waals surface area contributed by atoms with Crippen LogP contribution in [-0.2, 0) is 28.8 Å². The molecule has 0 unspecified atom stereocenters. The lowest BCUT2D eigenvalue weighted by atomic mass is 10.1. The first kappa shape index (κ1) is 43.0. The van der Waals surface area contributed by atoms with Gasteiger partial charge >= 0.3 is 5.97 Å². The Morgan fingerprint density at radius 2 is 0.938 bits per heavy atom. The Labute approximate surface area is 283 Å². The normalized spacial score (nSPS) is 13.6. The molecule has 0 aliphatic heterocycles. The van der Waals surface area contributed by atoms with Gasteiger partial charge in [0.1, 0.15) is 30.2 Å². The molecule has 0 aliphatic carbocycles. The number of nitrogens with zero attached hydrogens (tertiary/aromatic N) is 3. The van der Waals surface area contributed by atoms with E-state index in [1.54, 1.807) is 0 Å². The summed E-state index contributed by atoms with van der Waals surface area (Å²) < 4.78 is 0. The van der Waals surface area contributed by atoms with Gasteiger partial charge in [-0.15, -0.1) is 0 Å². The SMILES string of the molecule is CC(=O)N[C@H](CS)C(=O)N[C@H](CCCN=C(N)N)C(=O)N[C@H](C)C(=O)N[C@H](CCCN=C(N)N)C(=O)N[C@H](CCCN=C(N)N)C(=O)O. The molecule has 0 rings (SSSR count). The highest BCUT2D eigenvalue weighted by molar-refractivity contribution is 7.80. The van der Waals surface area contributed by atoms with E-state index in [1.165, 1.54) is 13.8 Å². The van der Waals surface area contributed by atoms with Crippen molar-refractivity contribution in [3.05, 3.63) is 0 Å². The van der Waals surface area contributed by atoms with Crippen LogP contribution >= 0.6 is 12.6 Å². The summed E-state index contributed by atoms with van der Waals surface area (Å²) in [7, 11) is 0. The van der Waals surface area contributed by atoms with Crippen LogP contribution in [0.5, 0.6) is 0 Å². The average molecular weight is 703 g/mol. The fourth-order valence-electron chi connectivity index (χ4n) is 3.97. The molecule has 272 valence electrons. The van der Waals surface area contributed by atoms with Crippen LogP contribution in [0.15, 0.2) is 15.0 Å². The number of nitrogens with one attached hydrogen (secondary N) is 5. The number of carbonyl (C=O) groups is 6. The lowest BCUT2D eigenvalue weighted by Crippen LogP contribution is -2.58. The molecule has 0 radical (unpaired) electrons. The molecule has 0 saturated heterocycles. The number of carbonyl (C=O) groups excluding carboxylic acids is 5. The molecule has 0 aromatic carbocycles. The average Bonchev–Trinajstić information content (AvgIpc) is 2.99. The number of thiol groups is 1. The minimum Gasteiger partial charge on any atom is -0.480 e. The van der Waals surface area contributed by atoms with Crippen LogP contribution in [-0.4, -0.2) is 114 Å². The summed E-state index contributed by atoms with van der Waals surface area (Å²) in [6, 6.07) is -6.00. The Kier molecular flexibility index (Phi) is 20.9. The number of nitrogens with two attached hydrogens (primary N) is 6. The van der Waals surface area contributed by atoms with Crippen molar-refractivity contribution in [1.82, 2.24) is 26.6 Å². The highest BCUT2D eigenvalue weighted by atomic mass is 32.1. The molecule has 0 spiro atoms. The zero-order valence-corrected chi connectivity index (χ0v) is 28.0. The molecule has 0 fully saturated rings. The molecule has 0 aromatic rings. The summed E-state index contributed by atoms with van der Waals surface area (Å²) in [6.45, 7) is 2.95. The van der Waals surface area contributed by atoms with Gasteiger partial charge < -0.3 is 66.1 Å². The number of aliphatic carboxylic acids is 1. The van der Waals surface area contributed by atoms with Gasteiger partial charge in [-0.2, -0.15) is 12.6 Å². The topological polar surface area (TPSA) is 376 Å². The Morgan fingerprint density at radius 3 is 1.31 bits per heavy atom. The van der Waals surface area contributed by atoms with Gasteiger partial charge in [0.15, 0.2) is 17.9 Å². The predicted molar refractivity (Wildman–Crippen MR) is 182 cm³/mol. The van der Waals surface area contributed by atoms with E-state index in [-0.39, 0.29) is 81.8 Å². The zero-order chi connectivity index (χ0) is 36.8. The molecule has 0 bridgehead atoms. The standard InChI is InChI=1S/C26H50N14O7S/c1-13(36-20(43)15(6-3-9-33-24(27)28)39-22(45)18(12-48)37-14(2)41)19(42)38-16(7-4-10-34-25(29)30)21(44)40-17(23(46)47)8-5-11-35-26(31)32/h13,15-18,48H,3-12H2,1-2H3,(H,36,43)(H,37,41)(H,38,42)(H,39,45)(H,40,44)(H,46,47)(H4,27,28,33)(H4,29,30,34)(H4,31,32,35)/t13-,15-,16-,17-,18-/m1/s1. The molecule has 0 saturated carbocycles. The maximum absolute atomic E-state index is 13.2. The molecule has 18 N–H and O–H groups in total. The number of carboxylic acid groups (broad SMARTS) is 1. The van der Waals surface area contributed by atoms with E-state index < -0.39 is 65.7 Å². The van der Waals surface area contributed by atoms with Crippen molar-refractivity contribution in [2.45, 2.75) is 82.6 Å². The van der Waals surface area contributed by atoms with E-state index >= 15 is 0 Å². The van der Waals surface area contributed by atoms with Gasteiger partial charge in [-0.25, -0.2) is 4.79 Å². The molecular weight excluding hydrogens is 652 g/mol. The minimum absolute atomic E-state index is 0.00704. The summed E-state index contributed by atoms with van der Waals surface area (Å²) in [5.74, 6) is -5.40. The summed E-state index contributed by atoms with van der Waals surface area (Å²) in [6.07, 6.45) is 0.778. The third-order valence-electron chi connectivity index (χ3n) is 6.35. The van der Waals surface area contributed by atoms with Gasteiger partial charge in [0.25, 0.3) is 0 Å². The van der Waals surface area contributed by atoms with Crippen molar-refractivity contribution in [1.29, 1.82) is 0 Å². The van der Waals surface area contributed by atoms with Crippen LogP contribution < -0.4 is 61.0 Å². The first-order valence-electron chi connectivity index (χ1n) is 15.0. The van der Waals surface area contributed by atoms with Gasteiger partial charge in [0, 0.05) is 32.3 Å². The van der Waals surface area contributed by atoms with Crippen molar-refractivity contribution in [2.24, 2.45) is 49.4 Å². The molecule has 0 heterocycles. The van der Waals surface area contributed by atoms with E-state index in [4.69, 9.17) is 34.4 Å². The highest BCUT2D eigenvalue weighted by Crippen LogP contribution is 2.05. The van der Waals surface area contributed by atoms with Crippen molar-refractivity contribution < 1.29 is 33.9 Å². The van der Waals surface area contributed by atoms with Crippen molar-refractivity contribution in [3.63, 3.8) is 0 Å². The molecule has 5 atom stereocenters. The fraction of sp³-hybridized carbons (Fsp3) is 0.654. The second-order valence-electron chi connectivity index (χ2n) is 10.5. The van der Waals surface area contributed by atoms with E-state index in [2.05, 4.69) is 54.2 Å². The molecule has 21 nitrogen and oxygen atoms in total. The number of hydrogen-bond acceptors (Lipinski definition) is 10. The predicted octanol–water partition coefficient (Wildman–Crippen LogP) is -5.37. The molecule has 5 amide bonds. The number of aliphatic imine (C=N–C) groups is 3. The van der Waals surface area contributed by atoms with Crippen LogP contribution in [0.2, 0.25) is 0 Å². The maximum atomic E-state index is 13.2. The minimum atomic E-state index is -1.32. The lowest BCUT2D eigenvalue weighted by Gasteiger charge is -2.25. The monoisotopic (exact) mass is 702 g/mol.